The largest absolute Gasteiger partial charge is 0.0537 e. The summed E-state index contributed by atoms with van der Waals surface area (Å²) in [6.45, 7) is 0. The van der Waals surface area contributed by atoms with E-state index in [1.807, 2.05) is 0 Å². The zero-order valence-electron chi connectivity index (χ0n) is 13.9. The van der Waals surface area contributed by atoms with Crippen molar-refractivity contribution in [3.8, 4) is 0 Å². The number of rotatable bonds is 0. The molecule has 109 valence electrons. The van der Waals surface area contributed by atoms with Gasteiger partial charge in [-0.05, 0) is 64.6 Å². The number of benzene rings is 7. The molecule has 0 heterocycles. The van der Waals surface area contributed by atoms with Crippen molar-refractivity contribution < 1.29 is 0 Å². The molecule has 0 aliphatic heterocycles. The third-order valence-corrected chi connectivity index (χ3v) is 5.89. The summed E-state index contributed by atoms with van der Waals surface area (Å²) in [4.78, 5) is 0. The maximum atomic E-state index is 2.27. The first kappa shape index (κ1) is 14.7. The molecule has 0 saturated carbocycles. The first-order valence-corrected chi connectivity index (χ1v) is 8.46. The second-order valence-corrected chi connectivity index (χ2v) is 6.98. The summed E-state index contributed by atoms with van der Waals surface area (Å²) < 4.78 is 0. The quantitative estimate of drug-likeness (QED) is 0.167. The molecule has 7 rings (SSSR count). The minimum absolute atomic E-state index is 0. The molecule has 0 aromatic heterocycles. The summed E-state index contributed by atoms with van der Waals surface area (Å²) in [6.07, 6.45) is 0. The van der Waals surface area contributed by atoms with Crippen LogP contribution < -0.4 is 0 Å². The van der Waals surface area contributed by atoms with Gasteiger partial charge in [0.1, 0.15) is 0 Å². The molecular formula is C24H12K. The van der Waals surface area contributed by atoms with E-state index in [4.69, 9.17) is 0 Å². The van der Waals surface area contributed by atoms with Gasteiger partial charge in [0, 0.05) is 51.4 Å². The molecule has 0 saturated heterocycles. The summed E-state index contributed by atoms with van der Waals surface area (Å²) in [5.41, 5.74) is 0. The van der Waals surface area contributed by atoms with E-state index < -0.39 is 0 Å². The Labute approximate surface area is 186 Å². The van der Waals surface area contributed by atoms with Crippen molar-refractivity contribution in [2.45, 2.75) is 0 Å². The van der Waals surface area contributed by atoms with Crippen LogP contribution in [-0.4, -0.2) is 51.4 Å². The van der Waals surface area contributed by atoms with Gasteiger partial charge in [0.15, 0.2) is 0 Å². The Kier molecular flexibility index (Phi) is 2.83. The maximum absolute atomic E-state index is 2.27. The normalized spacial score (nSPS) is 12.5. The van der Waals surface area contributed by atoms with E-state index in [0.717, 1.165) is 0 Å². The van der Waals surface area contributed by atoms with Crippen LogP contribution in [0.15, 0.2) is 72.8 Å². The minimum Gasteiger partial charge on any atom is -0.0537 e. The standard InChI is InChI=1S/C24H12.K/c1-2-14-5-6-16-9-11-18-12-10-17-8-7-15-4-3-13(1)19-20(14)22(16)24(18)23(17)21(15)19;/h1-12H;. The predicted molar refractivity (Wildman–Crippen MR) is 111 cm³/mol. The minimum atomic E-state index is 0. The van der Waals surface area contributed by atoms with Gasteiger partial charge in [-0.25, -0.2) is 0 Å². The molecule has 1 radical (unpaired) electrons. The van der Waals surface area contributed by atoms with Crippen molar-refractivity contribution in [2.24, 2.45) is 0 Å². The van der Waals surface area contributed by atoms with Crippen LogP contribution in [0.3, 0.4) is 0 Å². The molecule has 0 fully saturated rings. The van der Waals surface area contributed by atoms with E-state index in [-0.39, 0.29) is 51.4 Å². The van der Waals surface area contributed by atoms with Crippen molar-refractivity contribution in [1.82, 2.24) is 0 Å². The Morgan fingerprint density at radius 1 is 0.240 bits per heavy atom. The summed E-state index contributed by atoms with van der Waals surface area (Å²) in [7, 11) is 0. The Hall–Kier alpha value is -1.48. The zero-order chi connectivity index (χ0) is 15.4. The van der Waals surface area contributed by atoms with Crippen LogP contribution in [0.2, 0.25) is 0 Å². The van der Waals surface area contributed by atoms with Gasteiger partial charge in [-0.2, -0.15) is 0 Å². The van der Waals surface area contributed by atoms with Crippen LogP contribution in [0.25, 0.3) is 64.6 Å². The van der Waals surface area contributed by atoms with E-state index in [9.17, 15) is 0 Å². The van der Waals surface area contributed by atoms with Crippen molar-refractivity contribution in [2.75, 3.05) is 0 Å². The van der Waals surface area contributed by atoms with Gasteiger partial charge < -0.3 is 0 Å². The smallest absolute Gasteiger partial charge is 0 e. The molecule has 0 unspecified atom stereocenters. The summed E-state index contributed by atoms with van der Waals surface area (Å²) >= 11 is 0. The first-order chi connectivity index (χ1) is 11.9. The van der Waals surface area contributed by atoms with Crippen LogP contribution in [0, 0.1) is 0 Å². The van der Waals surface area contributed by atoms with Gasteiger partial charge in [-0.1, -0.05) is 72.8 Å². The monoisotopic (exact) mass is 339 g/mol. The third kappa shape index (κ3) is 1.62. The van der Waals surface area contributed by atoms with Crippen molar-refractivity contribution in [3.05, 3.63) is 72.8 Å². The molecule has 0 aliphatic carbocycles. The van der Waals surface area contributed by atoms with Crippen molar-refractivity contribution >= 4 is 116 Å². The van der Waals surface area contributed by atoms with Crippen LogP contribution in [-0.2, 0) is 0 Å². The van der Waals surface area contributed by atoms with Gasteiger partial charge in [0.2, 0.25) is 0 Å². The van der Waals surface area contributed by atoms with E-state index >= 15 is 0 Å². The molecule has 1 heteroatoms. The molecule has 0 nitrogen and oxygen atoms in total. The van der Waals surface area contributed by atoms with Crippen LogP contribution in [0.5, 0.6) is 0 Å². The van der Waals surface area contributed by atoms with Gasteiger partial charge >= 0.3 is 0 Å². The summed E-state index contributed by atoms with van der Waals surface area (Å²) in [6, 6.07) is 27.3. The SMILES string of the molecule is [K].c1cc2ccc3ccc4ccc5ccc6ccc1c1c2c3c4c5c61. The van der Waals surface area contributed by atoms with Crippen LogP contribution in [0.4, 0.5) is 0 Å². The predicted octanol–water partition coefficient (Wildman–Crippen LogP) is 6.54. The number of hydrogen-bond acceptors (Lipinski definition) is 0. The Morgan fingerprint density at radius 2 is 0.360 bits per heavy atom. The fourth-order valence-electron chi connectivity index (χ4n) is 4.89. The van der Waals surface area contributed by atoms with Crippen LogP contribution in [0.1, 0.15) is 0 Å². The molecule has 7 aromatic carbocycles. The van der Waals surface area contributed by atoms with E-state index in [2.05, 4.69) is 72.8 Å². The van der Waals surface area contributed by atoms with Gasteiger partial charge in [0.25, 0.3) is 0 Å². The van der Waals surface area contributed by atoms with Gasteiger partial charge in [0.05, 0.1) is 0 Å². The number of hydrogen-bond donors (Lipinski definition) is 0. The average Bonchev–Trinajstić information content (AvgIpc) is 2.65. The maximum Gasteiger partial charge on any atom is 0 e. The Morgan fingerprint density at radius 3 is 0.480 bits per heavy atom. The fraction of sp³-hybridized carbons (Fsp3) is 0. The van der Waals surface area contributed by atoms with Crippen molar-refractivity contribution in [1.29, 1.82) is 0 Å². The molecule has 0 spiro atoms. The van der Waals surface area contributed by atoms with Gasteiger partial charge in [-0.3, -0.25) is 0 Å². The van der Waals surface area contributed by atoms with E-state index in [0.29, 0.717) is 0 Å². The zero-order valence-corrected chi connectivity index (χ0v) is 17.1. The molecule has 25 heavy (non-hydrogen) atoms. The molecule has 0 bridgehead atoms. The second kappa shape index (κ2) is 4.82. The second-order valence-electron chi connectivity index (χ2n) is 6.98. The molecular weight excluding hydrogens is 327 g/mol. The fourth-order valence-corrected chi connectivity index (χ4v) is 4.89. The Balaban J connectivity index is 0.00000129. The summed E-state index contributed by atoms with van der Waals surface area (Å²) in [5, 5.41) is 16.7. The topological polar surface area (TPSA) is 0 Å². The van der Waals surface area contributed by atoms with E-state index in [1.54, 1.807) is 0 Å². The molecule has 7 aromatic rings. The molecule has 0 aliphatic rings. The molecule has 0 amide bonds. The average molecular weight is 339 g/mol. The van der Waals surface area contributed by atoms with Crippen molar-refractivity contribution in [3.63, 3.8) is 0 Å². The Bertz CT molecular complexity index is 1150. The van der Waals surface area contributed by atoms with Crippen LogP contribution >= 0.6 is 0 Å². The van der Waals surface area contributed by atoms with Gasteiger partial charge in [-0.15, -0.1) is 0 Å². The molecule has 0 N–H and O–H groups in total. The summed E-state index contributed by atoms with van der Waals surface area (Å²) in [5.74, 6) is 0. The molecule has 0 atom stereocenters. The third-order valence-electron chi connectivity index (χ3n) is 5.89. The first-order valence-electron chi connectivity index (χ1n) is 8.46. The van der Waals surface area contributed by atoms with E-state index in [1.165, 1.54) is 64.6 Å².